The topological polar surface area (TPSA) is 52.6 Å². The third-order valence-electron chi connectivity index (χ3n) is 5.29. The van der Waals surface area contributed by atoms with Gasteiger partial charge in [-0.1, -0.05) is 91.9 Å². The molecule has 0 aliphatic rings. The van der Waals surface area contributed by atoms with Gasteiger partial charge in [0.05, 0.1) is 13.2 Å². The van der Waals surface area contributed by atoms with Crippen LogP contribution in [0.3, 0.4) is 0 Å². The molecular weight excluding hydrogens is 376 g/mol. The van der Waals surface area contributed by atoms with Crippen LogP contribution in [0.25, 0.3) is 0 Å². The zero-order chi connectivity index (χ0) is 22.5. The SMILES string of the molecule is CCCCCCCCCC/C(C(=O)OCCC)=C(\CCCCCC)C(=O)OCCC. The predicted molar refractivity (Wildman–Crippen MR) is 126 cm³/mol. The fraction of sp³-hybridized carbons (Fsp3) is 0.846. The van der Waals surface area contributed by atoms with E-state index in [2.05, 4.69) is 13.8 Å². The number of carbonyl (C=O) groups excluding carboxylic acids is 2. The largest absolute Gasteiger partial charge is 0.462 e. The molecule has 30 heavy (non-hydrogen) atoms. The molecule has 0 saturated heterocycles. The minimum atomic E-state index is -0.323. The summed E-state index contributed by atoms with van der Waals surface area (Å²) in [7, 11) is 0. The molecule has 0 bridgehead atoms. The summed E-state index contributed by atoms with van der Waals surface area (Å²) in [5, 5.41) is 0. The van der Waals surface area contributed by atoms with Crippen molar-refractivity contribution in [2.24, 2.45) is 0 Å². The van der Waals surface area contributed by atoms with Crippen LogP contribution < -0.4 is 0 Å². The maximum Gasteiger partial charge on any atom is 0.334 e. The first-order valence-electron chi connectivity index (χ1n) is 12.7. The quantitative estimate of drug-likeness (QED) is 0.114. The number of hydrogen-bond donors (Lipinski definition) is 0. The third-order valence-corrected chi connectivity index (χ3v) is 5.29. The average Bonchev–Trinajstić information content (AvgIpc) is 2.75. The van der Waals surface area contributed by atoms with Crippen LogP contribution in [-0.4, -0.2) is 25.2 Å². The summed E-state index contributed by atoms with van der Waals surface area (Å²) in [6.07, 6.45) is 16.7. The van der Waals surface area contributed by atoms with Crippen LogP contribution in [0.15, 0.2) is 11.1 Å². The highest BCUT2D eigenvalue weighted by atomic mass is 16.5. The van der Waals surface area contributed by atoms with Gasteiger partial charge in [-0.15, -0.1) is 0 Å². The van der Waals surface area contributed by atoms with Crippen LogP contribution in [-0.2, 0) is 19.1 Å². The van der Waals surface area contributed by atoms with Crippen LogP contribution >= 0.6 is 0 Å². The molecule has 0 saturated carbocycles. The van der Waals surface area contributed by atoms with Gasteiger partial charge < -0.3 is 9.47 Å². The first-order valence-corrected chi connectivity index (χ1v) is 12.7. The van der Waals surface area contributed by atoms with Gasteiger partial charge >= 0.3 is 11.9 Å². The number of unbranched alkanes of at least 4 members (excludes halogenated alkanes) is 10. The molecule has 4 nitrogen and oxygen atoms in total. The minimum absolute atomic E-state index is 0.321. The van der Waals surface area contributed by atoms with Crippen molar-refractivity contribution in [3.05, 3.63) is 11.1 Å². The fourth-order valence-electron chi connectivity index (χ4n) is 3.48. The molecule has 0 radical (unpaired) electrons. The lowest BCUT2D eigenvalue weighted by molar-refractivity contribution is -0.142. The summed E-state index contributed by atoms with van der Waals surface area (Å²) >= 11 is 0. The lowest BCUT2D eigenvalue weighted by Crippen LogP contribution is -2.18. The van der Waals surface area contributed by atoms with Gasteiger partial charge in [0.1, 0.15) is 0 Å². The smallest absolute Gasteiger partial charge is 0.334 e. The van der Waals surface area contributed by atoms with Crippen LogP contribution in [0.5, 0.6) is 0 Å². The second-order valence-corrected chi connectivity index (χ2v) is 8.26. The maximum absolute atomic E-state index is 12.8. The molecule has 0 amide bonds. The standard InChI is InChI=1S/C26H48O4/c1-5-9-11-13-14-15-16-18-20-24(26(28)30-22-8-4)23(19-17-12-10-6-2)25(27)29-21-7-3/h5-22H2,1-4H3/b24-23-. The van der Waals surface area contributed by atoms with Crippen LogP contribution in [0, 0.1) is 0 Å². The molecule has 0 aromatic carbocycles. The summed E-state index contributed by atoms with van der Waals surface area (Å²) in [5.41, 5.74) is 1.12. The van der Waals surface area contributed by atoms with Crippen molar-refractivity contribution >= 4 is 11.9 Å². The normalized spacial score (nSPS) is 11.9. The Kier molecular flexibility index (Phi) is 20.0. The summed E-state index contributed by atoms with van der Waals surface area (Å²) < 4.78 is 10.9. The van der Waals surface area contributed by atoms with Gasteiger partial charge in [-0.3, -0.25) is 0 Å². The Bertz CT molecular complexity index is 468. The Morgan fingerprint density at radius 3 is 1.17 bits per heavy atom. The highest BCUT2D eigenvalue weighted by Gasteiger charge is 2.22. The van der Waals surface area contributed by atoms with E-state index in [0.717, 1.165) is 51.4 Å². The Morgan fingerprint density at radius 2 is 0.800 bits per heavy atom. The van der Waals surface area contributed by atoms with Gasteiger partial charge in [0.25, 0.3) is 0 Å². The van der Waals surface area contributed by atoms with Crippen LogP contribution in [0.1, 0.15) is 130 Å². The lowest BCUT2D eigenvalue weighted by atomic mass is 9.96. The summed E-state index contributed by atoms with van der Waals surface area (Å²) in [6.45, 7) is 9.16. The summed E-state index contributed by atoms with van der Waals surface area (Å²) in [6, 6.07) is 0. The number of esters is 2. The van der Waals surface area contributed by atoms with Gasteiger partial charge in [-0.25, -0.2) is 9.59 Å². The van der Waals surface area contributed by atoms with E-state index in [4.69, 9.17) is 9.47 Å². The van der Waals surface area contributed by atoms with E-state index >= 15 is 0 Å². The highest BCUT2D eigenvalue weighted by Crippen LogP contribution is 2.23. The molecule has 0 aromatic heterocycles. The molecule has 0 rings (SSSR count). The molecule has 4 heteroatoms. The van der Waals surface area contributed by atoms with Gasteiger partial charge in [0, 0.05) is 11.1 Å². The zero-order valence-corrected chi connectivity index (χ0v) is 20.4. The Morgan fingerprint density at radius 1 is 0.467 bits per heavy atom. The number of hydrogen-bond acceptors (Lipinski definition) is 4. The van der Waals surface area contributed by atoms with E-state index in [1.165, 1.54) is 38.5 Å². The maximum atomic E-state index is 12.8. The van der Waals surface area contributed by atoms with Gasteiger partial charge in [0.2, 0.25) is 0 Å². The molecule has 0 aromatic rings. The molecule has 0 aliphatic heterocycles. The molecule has 0 aliphatic carbocycles. The molecule has 176 valence electrons. The number of ether oxygens (including phenoxy) is 2. The number of carbonyl (C=O) groups is 2. The van der Waals surface area contributed by atoms with E-state index in [9.17, 15) is 9.59 Å². The van der Waals surface area contributed by atoms with E-state index in [-0.39, 0.29) is 11.9 Å². The van der Waals surface area contributed by atoms with E-state index in [1.54, 1.807) is 0 Å². The molecule has 0 unspecified atom stereocenters. The fourth-order valence-corrected chi connectivity index (χ4v) is 3.48. The molecule has 0 atom stereocenters. The lowest BCUT2D eigenvalue weighted by Gasteiger charge is -2.15. The summed E-state index contributed by atoms with van der Waals surface area (Å²) in [5.74, 6) is -0.643. The van der Waals surface area contributed by atoms with Crippen molar-refractivity contribution in [2.75, 3.05) is 13.2 Å². The first kappa shape index (κ1) is 28.7. The molecule has 0 N–H and O–H groups in total. The first-order chi connectivity index (χ1) is 14.6. The summed E-state index contributed by atoms with van der Waals surface area (Å²) in [4.78, 5) is 25.5. The minimum Gasteiger partial charge on any atom is -0.462 e. The van der Waals surface area contributed by atoms with Crippen LogP contribution in [0.2, 0.25) is 0 Å². The van der Waals surface area contributed by atoms with Gasteiger partial charge in [-0.05, 0) is 38.5 Å². The van der Waals surface area contributed by atoms with Crippen molar-refractivity contribution in [1.29, 1.82) is 0 Å². The Hall–Kier alpha value is -1.32. The monoisotopic (exact) mass is 424 g/mol. The van der Waals surface area contributed by atoms with E-state index in [1.807, 2.05) is 13.8 Å². The molecular formula is C26H48O4. The Balaban J connectivity index is 5.07. The molecule has 0 fully saturated rings. The third kappa shape index (κ3) is 14.6. The van der Waals surface area contributed by atoms with E-state index in [0.29, 0.717) is 37.2 Å². The van der Waals surface area contributed by atoms with Gasteiger partial charge in [-0.2, -0.15) is 0 Å². The second-order valence-electron chi connectivity index (χ2n) is 8.26. The number of rotatable bonds is 20. The highest BCUT2D eigenvalue weighted by molar-refractivity contribution is 6.00. The van der Waals surface area contributed by atoms with Crippen molar-refractivity contribution < 1.29 is 19.1 Å². The van der Waals surface area contributed by atoms with E-state index < -0.39 is 0 Å². The van der Waals surface area contributed by atoms with Crippen molar-refractivity contribution in [2.45, 2.75) is 130 Å². The van der Waals surface area contributed by atoms with Crippen LogP contribution in [0.4, 0.5) is 0 Å². The predicted octanol–water partition coefficient (Wildman–Crippen LogP) is 7.69. The van der Waals surface area contributed by atoms with Crippen molar-refractivity contribution in [3.8, 4) is 0 Å². The van der Waals surface area contributed by atoms with Crippen molar-refractivity contribution in [1.82, 2.24) is 0 Å². The van der Waals surface area contributed by atoms with Crippen molar-refractivity contribution in [3.63, 3.8) is 0 Å². The zero-order valence-electron chi connectivity index (χ0n) is 20.4. The molecule has 0 heterocycles. The molecule has 0 spiro atoms. The second kappa shape index (κ2) is 20.9. The van der Waals surface area contributed by atoms with Gasteiger partial charge in [0.15, 0.2) is 0 Å². The Labute approximate surface area is 186 Å². The average molecular weight is 425 g/mol.